The standard InChI is InChI=1S/C23H27FN4O3/c1-15(20-14-26-28(16(20)2)19-8-6-18(24)7-9-19)27-23(29)25-12-11-17-5-10-21(30-3)22(13-17)31-4/h5-10,13-15H,11-12H2,1-4H3,(H2,25,27,29)/t15-/m1/s1. The molecule has 0 aliphatic carbocycles. The van der Waals surface area contributed by atoms with E-state index in [1.165, 1.54) is 12.1 Å². The second-order valence-electron chi connectivity index (χ2n) is 7.13. The number of rotatable bonds is 8. The predicted octanol–water partition coefficient (Wildman–Crippen LogP) is 3.94. The van der Waals surface area contributed by atoms with Crippen LogP contribution < -0.4 is 20.1 Å². The summed E-state index contributed by atoms with van der Waals surface area (Å²) in [5.41, 5.74) is 3.56. The number of benzene rings is 2. The lowest BCUT2D eigenvalue weighted by atomic mass is 10.1. The van der Waals surface area contributed by atoms with Gasteiger partial charge in [0.25, 0.3) is 0 Å². The lowest BCUT2D eigenvalue weighted by Gasteiger charge is -2.15. The van der Waals surface area contributed by atoms with Crippen LogP contribution >= 0.6 is 0 Å². The Morgan fingerprint density at radius 2 is 1.84 bits per heavy atom. The number of methoxy groups -OCH3 is 2. The van der Waals surface area contributed by atoms with Crippen molar-refractivity contribution in [2.75, 3.05) is 20.8 Å². The maximum atomic E-state index is 13.2. The second-order valence-corrected chi connectivity index (χ2v) is 7.13. The van der Waals surface area contributed by atoms with E-state index in [4.69, 9.17) is 9.47 Å². The molecule has 2 amide bonds. The number of ether oxygens (including phenoxy) is 2. The van der Waals surface area contributed by atoms with E-state index in [1.807, 2.05) is 32.0 Å². The molecule has 0 bridgehead atoms. The number of aromatic nitrogens is 2. The number of amides is 2. The highest BCUT2D eigenvalue weighted by Gasteiger charge is 2.16. The molecule has 0 aliphatic rings. The summed E-state index contributed by atoms with van der Waals surface area (Å²) in [6, 6.07) is 11.3. The minimum absolute atomic E-state index is 0.240. The number of carbonyl (C=O) groups excluding carboxylic acids is 1. The molecule has 0 aliphatic heterocycles. The van der Waals surface area contributed by atoms with Crippen molar-refractivity contribution in [2.45, 2.75) is 26.3 Å². The molecule has 0 saturated carbocycles. The molecule has 3 rings (SSSR count). The van der Waals surface area contributed by atoms with Crippen LogP contribution in [0.1, 0.15) is 29.8 Å². The number of hydrogen-bond acceptors (Lipinski definition) is 4. The Labute approximate surface area is 181 Å². The van der Waals surface area contributed by atoms with Crippen molar-refractivity contribution >= 4 is 6.03 Å². The summed E-state index contributed by atoms with van der Waals surface area (Å²) in [5.74, 6) is 1.03. The number of nitrogens with zero attached hydrogens (tertiary/aromatic N) is 2. The van der Waals surface area contributed by atoms with Crippen LogP contribution in [0.2, 0.25) is 0 Å². The van der Waals surface area contributed by atoms with Gasteiger partial charge in [0, 0.05) is 17.8 Å². The van der Waals surface area contributed by atoms with Crippen LogP contribution in [0.3, 0.4) is 0 Å². The van der Waals surface area contributed by atoms with Gasteiger partial charge in [-0.1, -0.05) is 6.07 Å². The van der Waals surface area contributed by atoms with E-state index in [0.717, 1.165) is 22.5 Å². The molecule has 1 atom stereocenters. The number of urea groups is 1. The fourth-order valence-corrected chi connectivity index (χ4v) is 3.37. The first-order valence-electron chi connectivity index (χ1n) is 9.98. The van der Waals surface area contributed by atoms with E-state index in [0.29, 0.717) is 24.5 Å². The van der Waals surface area contributed by atoms with Gasteiger partial charge in [-0.15, -0.1) is 0 Å². The van der Waals surface area contributed by atoms with E-state index in [2.05, 4.69) is 15.7 Å². The molecule has 3 aromatic rings. The third-order valence-corrected chi connectivity index (χ3v) is 5.08. The number of carbonyl (C=O) groups is 1. The van der Waals surface area contributed by atoms with Crippen molar-refractivity contribution in [1.82, 2.24) is 20.4 Å². The Balaban J connectivity index is 1.55. The van der Waals surface area contributed by atoms with Crippen molar-refractivity contribution in [1.29, 1.82) is 0 Å². The third kappa shape index (κ3) is 5.33. The molecule has 2 aromatic carbocycles. The Kier molecular flexibility index (Phi) is 7.12. The Bertz CT molecular complexity index is 1030. The van der Waals surface area contributed by atoms with Gasteiger partial charge in [0.05, 0.1) is 32.1 Å². The Hall–Kier alpha value is -3.55. The van der Waals surface area contributed by atoms with Crippen LogP contribution in [0, 0.1) is 12.7 Å². The van der Waals surface area contributed by atoms with E-state index in [9.17, 15) is 9.18 Å². The van der Waals surface area contributed by atoms with Gasteiger partial charge in [0.15, 0.2) is 11.5 Å². The molecule has 7 nitrogen and oxygen atoms in total. The molecular formula is C23H27FN4O3. The zero-order valence-electron chi connectivity index (χ0n) is 18.1. The van der Waals surface area contributed by atoms with Gasteiger partial charge in [0.2, 0.25) is 0 Å². The summed E-state index contributed by atoms with van der Waals surface area (Å²) in [6.07, 6.45) is 2.37. The summed E-state index contributed by atoms with van der Waals surface area (Å²) in [6.45, 7) is 4.29. The van der Waals surface area contributed by atoms with Gasteiger partial charge in [-0.2, -0.15) is 5.10 Å². The normalized spacial score (nSPS) is 11.6. The second kappa shape index (κ2) is 9.97. The quantitative estimate of drug-likeness (QED) is 0.572. The van der Waals surface area contributed by atoms with Gasteiger partial charge in [0.1, 0.15) is 5.82 Å². The largest absolute Gasteiger partial charge is 0.493 e. The van der Waals surface area contributed by atoms with Crippen molar-refractivity contribution < 1.29 is 18.7 Å². The van der Waals surface area contributed by atoms with Crippen LogP contribution in [0.25, 0.3) is 5.69 Å². The van der Waals surface area contributed by atoms with E-state index >= 15 is 0 Å². The fourth-order valence-electron chi connectivity index (χ4n) is 3.37. The topological polar surface area (TPSA) is 77.4 Å². The lowest BCUT2D eigenvalue weighted by molar-refractivity contribution is 0.238. The van der Waals surface area contributed by atoms with Crippen molar-refractivity contribution in [3.63, 3.8) is 0 Å². The Morgan fingerprint density at radius 1 is 1.13 bits per heavy atom. The fraction of sp³-hybridized carbons (Fsp3) is 0.304. The summed E-state index contributed by atoms with van der Waals surface area (Å²) in [4.78, 5) is 12.3. The summed E-state index contributed by atoms with van der Waals surface area (Å²) >= 11 is 0. The molecule has 0 radical (unpaired) electrons. The average molecular weight is 426 g/mol. The van der Waals surface area contributed by atoms with Crippen molar-refractivity contribution in [3.8, 4) is 17.2 Å². The molecule has 1 aromatic heterocycles. The van der Waals surface area contributed by atoms with Gasteiger partial charge >= 0.3 is 6.03 Å². The molecule has 0 unspecified atom stereocenters. The van der Waals surface area contributed by atoms with Gasteiger partial charge in [-0.25, -0.2) is 13.9 Å². The molecule has 0 spiro atoms. The van der Waals surface area contributed by atoms with Crippen LogP contribution in [-0.2, 0) is 6.42 Å². The van der Waals surface area contributed by atoms with Crippen LogP contribution in [-0.4, -0.2) is 36.6 Å². The van der Waals surface area contributed by atoms with E-state index in [-0.39, 0.29) is 17.9 Å². The molecule has 31 heavy (non-hydrogen) atoms. The summed E-state index contributed by atoms with van der Waals surface area (Å²) in [7, 11) is 3.19. The van der Waals surface area contributed by atoms with Gasteiger partial charge in [-0.05, 0) is 62.2 Å². The lowest BCUT2D eigenvalue weighted by Crippen LogP contribution is -2.38. The van der Waals surface area contributed by atoms with Crippen LogP contribution in [0.15, 0.2) is 48.7 Å². The van der Waals surface area contributed by atoms with Gasteiger partial charge < -0.3 is 20.1 Å². The summed E-state index contributed by atoms with van der Waals surface area (Å²) < 4.78 is 25.4. The molecule has 164 valence electrons. The smallest absolute Gasteiger partial charge is 0.315 e. The number of nitrogens with one attached hydrogen (secondary N) is 2. The molecular weight excluding hydrogens is 399 g/mol. The minimum Gasteiger partial charge on any atom is -0.493 e. The average Bonchev–Trinajstić information content (AvgIpc) is 3.15. The first kappa shape index (κ1) is 22.1. The number of hydrogen-bond donors (Lipinski definition) is 2. The van der Waals surface area contributed by atoms with E-state index in [1.54, 1.807) is 37.2 Å². The highest BCUT2D eigenvalue weighted by molar-refractivity contribution is 5.74. The van der Waals surface area contributed by atoms with Crippen molar-refractivity contribution in [3.05, 3.63) is 71.3 Å². The monoisotopic (exact) mass is 426 g/mol. The Morgan fingerprint density at radius 3 is 2.52 bits per heavy atom. The molecule has 1 heterocycles. The molecule has 0 fully saturated rings. The zero-order valence-corrected chi connectivity index (χ0v) is 18.1. The molecule has 2 N–H and O–H groups in total. The highest BCUT2D eigenvalue weighted by atomic mass is 19.1. The maximum Gasteiger partial charge on any atom is 0.315 e. The highest BCUT2D eigenvalue weighted by Crippen LogP contribution is 2.27. The number of halogens is 1. The van der Waals surface area contributed by atoms with Gasteiger partial charge in [-0.3, -0.25) is 0 Å². The minimum atomic E-state index is -0.298. The van der Waals surface area contributed by atoms with E-state index < -0.39 is 0 Å². The predicted molar refractivity (Wildman–Crippen MR) is 116 cm³/mol. The van der Waals surface area contributed by atoms with Crippen molar-refractivity contribution in [2.24, 2.45) is 0 Å². The third-order valence-electron chi connectivity index (χ3n) is 5.08. The molecule has 8 heteroatoms. The first-order chi connectivity index (χ1) is 14.9. The summed E-state index contributed by atoms with van der Waals surface area (Å²) in [5, 5.41) is 10.2. The zero-order chi connectivity index (χ0) is 22.4. The van der Waals surface area contributed by atoms with Crippen LogP contribution in [0.4, 0.5) is 9.18 Å². The molecule has 0 saturated heterocycles. The maximum absolute atomic E-state index is 13.2. The first-order valence-corrected chi connectivity index (χ1v) is 9.98. The van der Waals surface area contributed by atoms with Crippen LogP contribution in [0.5, 0.6) is 11.5 Å². The SMILES string of the molecule is COc1ccc(CCNC(=O)N[C@H](C)c2cnn(-c3ccc(F)cc3)c2C)cc1OC.